The standard InChI is InChI=1S/C6H14O5S.Li/c1-2-3-4-10-5-6-11-12(7,8)9;/h2-6H2,1H3,(H,7,8,9);/q;+1/p-1. The van der Waals surface area contributed by atoms with Gasteiger partial charge in [-0.05, 0) is 6.42 Å². The summed E-state index contributed by atoms with van der Waals surface area (Å²) in [6.07, 6.45) is 1.94. The molecule has 0 atom stereocenters. The minimum atomic E-state index is -4.55. The molecule has 0 aliphatic heterocycles. The van der Waals surface area contributed by atoms with Crippen molar-refractivity contribution in [3.63, 3.8) is 0 Å². The van der Waals surface area contributed by atoms with Crippen LogP contribution >= 0.6 is 0 Å². The van der Waals surface area contributed by atoms with Gasteiger partial charge in [0.2, 0.25) is 10.4 Å². The summed E-state index contributed by atoms with van der Waals surface area (Å²) in [5.74, 6) is 0. The summed E-state index contributed by atoms with van der Waals surface area (Å²) in [6, 6.07) is 0. The minimum absolute atomic E-state index is 0. The molecule has 5 nitrogen and oxygen atoms in total. The summed E-state index contributed by atoms with van der Waals surface area (Å²) >= 11 is 0. The Balaban J connectivity index is 0. The second-order valence-corrected chi connectivity index (χ2v) is 3.25. The van der Waals surface area contributed by atoms with Crippen LogP contribution in [-0.2, 0) is 19.3 Å². The van der Waals surface area contributed by atoms with Gasteiger partial charge in [-0.15, -0.1) is 0 Å². The van der Waals surface area contributed by atoms with Crippen molar-refractivity contribution in [1.82, 2.24) is 0 Å². The molecular formula is C6H13LiO5S. The molecule has 0 saturated carbocycles. The van der Waals surface area contributed by atoms with E-state index in [9.17, 15) is 13.0 Å². The normalized spacial score (nSPS) is 10.9. The van der Waals surface area contributed by atoms with Crippen LogP contribution in [0.2, 0.25) is 0 Å². The molecule has 0 aliphatic rings. The fourth-order valence-electron chi connectivity index (χ4n) is 0.543. The van der Waals surface area contributed by atoms with Crippen LogP contribution in [0.15, 0.2) is 0 Å². The molecule has 0 N–H and O–H groups in total. The SMILES string of the molecule is CCCCOCCOS(=O)(=O)[O-].[Li+]. The molecule has 7 heteroatoms. The summed E-state index contributed by atoms with van der Waals surface area (Å²) in [5, 5.41) is 0. The number of hydrogen-bond donors (Lipinski definition) is 0. The van der Waals surface area contributed by atoms with Gasteiger partial charge in [-0.2, -0.15) is 0 Å². The van der Waals surface area contributed by atoms with Gasteiger partial charge in [0.15, 0.2) is 0 Å². The van der Waals surface area contributed by atoms with Crippen LogP contribution in [0, 0.1) is 0 Å². The first-order valence-corrected chi connectivity index (χ1v) is 5.07. The van der Waals surface area contributed by atoms with Crippen LogP contribution in [0.5, 0.6) is 0 Å². The molecule has 0 rings (SSSR count). The van der Waals surface area contributed by atoms with Crippen LogP contribution in [-0.4, -0.2) is 32.8 Å². The van der Waals surface area contributed by atoms with Gasteiger partial charge in [-0.1, -0.05) is 13.3 Å². The van der Waals surface area contributed by atoms with Gasteiger partial charge in [-0.25, -0.2) is 8.42 Å². The molecule has 0 aromatic heterocycles. The number of ether oxygens (including phenoxy) is 1. The van der Waals surface area contributed by atoms with Crippen LogP contribution in [0.25, 0.3) is 0 Å². The second-order valence-electron chi connectivity index (χ2n) is 2.20. The monoisotopic (exact) mass is 204 g/mol. The van der Waals surface area contributed by atoms with Gasteiger partial charge in [0.05, 0.1) is 13.2 Å². The maximum atomic E-state index is 9.89. The molecule has 0 bridgehead atoms. The zero-order valence-corrected chi connectivity index (χ0v) is 8.80. The Hall–Kier alpha value is 0.427. The zero-order chi connectivity index (χ0) is 9.45. The molecule has 0 amide bonds. The predicted molar refractivity (Wildman–Crippen MR) is 41.4 cm³/mol. The third-order valence-corrected chi connectivity index (χ3v) is 1.55. The third-order valence-electron chi connectivity index (χ3n) is 1.10. The van der Waals surface area contributed by atoms with Gasteiger partial charge in [0, 0.05) is 6.61 Å². The van der Waals surface area contributed by atoms with E-state index in [4.69, 9.17) is 4.74 Å². The van der Waals surface area contributed by atoms with Crippen molar-refractivity contribution in [2.24, 2.45) is 0 Å². The molecule has 0 heterocycles. The Morgan fingerprint density at radius 1 is 1.23 bits per heavy atom. The smallest absolute Gasteiger partial charge is 0.726 e. The Labute approximate surface area is 90.9 Å². The minimum Gasteiger partial charge on any atom is -0.726 e. The van der Waals surface area contributed by atoms with E-state index in [1.165, 1.54) is 0 Å². The Morgan fingerprint density at radius 3 is 2.31 bits per heavy atom. The first-order valence-electron chi connectivity index (χ1n) is 3.74. The third kappa shape index (κ3) is 15.2. The van der Waals surface area contributed by atoms with Gasteiger partial charge in [-0.3, -0.25) is 4.18 Å². The van der Waals surface area contributed by atoms with Crippen molar-refractivity contribution < 1.29 is 40.8 Å². The van der Waals surface area contributed by atoms with Crippen molar-refractivity contribution in [1.29, 1.82) is 0 Å². The van der Waals surface area contributed by atoms with E-state index in [1.807, 2.05) is 6.92 Å². The van der Waals surface area contributed by atoms with E-state index in [0.717, 1.165) is 12.8 Å². The van der Waals surface area contributed by atoms with Crippen LogP contribution in [0.4, 0.5) is 0 Å². The molecule has 0 saturated heterocycles. The summed E-state index contributed by atoms with van der Waals surface area (Å²) < 4.78 is 38.5. The first kappa shape index (κ1) is 15.9. The summed E-state index contributed by atoms with van der Waals surface area (Å²) in [5.41, 5.74) is 0. The van der Waals surface area contributed by atoms with Gasteiger partial charge >= 0.3 is 18.9 Å². The van der Waals surface area contributed by atoms with Gasteiger partial charge in [0.25, 0.3) is 0 Å². The Bertz CT molecular complexity index is 191. The number of rotatable bonds is 7. The maximum Gasteiger partial charge on any atom is 1.00 e. The van der Waals surface area contributed by atoms with Crippen LogP contribution in [0.1, 0.15) is 19.8 Å². The maximum absolute atomic E-state index is 9.89. The average molecular weight is 204 g/mol. The summed E-state index contributed by atoms with van der Waals surface area (Å²) in [4.78, 5) is 0. The number of hydrogen-bond acceptors (Lipinski definition) is 5. The van der Waals surface area contributed by atoms with E-state index in [1.54, 1.807) is 0 Å². The largest absolute Gasteiger partial charge is 1.00 e. The quantitative estimate of drug-likeness (QED) is 0.195. The first-order chi connectivity index (χ1) is 5.56. The molecule has 74 valence electrons. The van der Waals surface area contributed by atoms with Crippen LogP contribution in [0.3, 0.4) is 0 Å². The van der Waals surface area contributed by atoms with E-state index in [-0.39, 0.29) is 32.1 Å². The van der Waals surface area contributed by atoms with Crippen LogP contribution < -0.4 is 18.9 Å². The van der Waals surface area contributed by atoms with Crippen molar-refractivity contribution >= 4 is 10.4 Å². The Morgan fingerprint density at radius 2 is 1.85 bits per heavy atom. The van der Waals surface area contributed by atoms with Crippen molar-refractivity contribution in [2.45, 2.75) is 19.8 Å². The van der Waals surface area contributed by atoms with Crippen molar-refractivity contribution in [3.8, 4) is 0 Å². The van der Waals surface area contributed by atoms with Crippen molar-refractivity contribution in [2.75, 3.05) is 19.8 Å². The zero-order valence-electron chi connectivity index (χ0n) is 7.99. The molecule has 0 aliphatic carbocycles. The van der Waals surface area contributed by atoms with Gasteiger partial charge < -0.3 is 9.29 Å². The summed E-state index contributed by atoms with van der Waals surface area (Å²) in [6.45, 7) is 2.53. The topological polar surface area (TPSA) is 75.7 Å². The summed E-state index contributed by atoms with van der Waals surface area (Å²) in [7, 11) is -4.55. The molecule has 0 aromatic carbocycles. The van der Waals surface area contributed by atoms with E-state index >= 15 is 0 Å². The molecule has 0 fully saturated rings. The molecule has 13 heavy (non-hydrogen) atoms. The fourth-order valence-corrected chi connectivity index (χ4v) is 0.816. The molecule has 0 aromatic rings. The van der Waals surface area contributed by atoms with Gasteiger partial charge in [0.1, 0.15) is 0 Å². The second kappa shape index (κ2) is 9.00. The number of unbranched alkanes of at least 4 members (excludes halogenated alkanes) is 1. The van der Waals surface area contributed by atoms with E-state index in [2.05, 4.69) is 4.18 Å². The van der Waals surface area contributed by atoms with E-state index in [0.29, 0.717) is 6.61 Å². The average Bonchev–Trinajstić information content (AvgIpc) is 1.94. The molecular weight excluding hydrogens is 191 g/mol. The molecule has 0 radical (unpaired) electrons. The molecule has 0 unspecified atom stereocenters. The predicted octanol–water partition coefficient (Wildman–Crippen LogP) is -2.72. The fraction of sp³-hybridized carbons (Fsp3) is 1.00. The van der Waals surface area contributed by atoms with E-state index < -0.39 is 10.4 Å². The molecule has 0 spiro atoms. The Kier molecular flexibility index (Phi) is 11.0. The van der Waals surface area contributed by atoms with Crippen molar-refractivity contribution in [3.05, 3.63) is 0 Å².